The van der Waals surface area contributed by atoms with E-state index in [0.29, 0.717) is 0 Å². The lowest BCUT2D eigenvalue weighted by Gasteiger charge is -2.65. The van der Waals surface area contributed by atoms with Crippen LogP contribution in [-0.2, 0) is 0 Å². The first kappa shape index (κ1) is 29.4. The van der Waals surface area contributed by atoms with E-state index < -0.39 is 76.3 Å². The number of halogens is 22. The van der Waals surface area contributed by atoms with Crippen molar-refractivity contribution in [3.05, 3.63) is 11.9 Å². The third-order valence-electron chi connectivity index (χ3n) is 5.53. The van der Waals surface area contributed by atoms with Gasteiger partial charge < -0.3 is 0 Å². The van der Waals surface area contributed by atoms with E-state index in [1.807, 2.05) is 0 Å². The minimum Gasteiger partial charge on any atom is -0.229 e. The molecular weight excluding hydrogens is 574 g/mol. The summed E-state index contributed by atoms with van der Waals surface area (Å²) in [7, 11) is 0. The van der Waals surface area contributed by atoms with Crippen molar-refractivity contribution >= 4 is 0 Å². The van der Waals surface area contributed by atoms with Crippen LogP contribution in [0.5, 0.6) is 0 Å². The third-order valence-corrected chi connectivity index (χ3v) is 5.53. The second-order valence-electron chi connectivity index (χ2n) is 7.14. The molecule has 35 heavy (non-hydrogen) atoms. The van der Waals surface area contributed by atoms with Gasteiger partial charge in [0, 0.05) is 0 Å². The Bertz CT molecular complexity index is 944. The molecule has 0 aliphatic heterocycles. The van der Waals surface area contributed by atoms with Gasteiger partial charge in [0.15, 0.2) is 0 Å². The maximum absolute atomic E-state index is 15.0. The Balaban J connectivity index is 3.45. The quantitative estimate of drug-likeness (QED) is 0.304. The minimum absolute atomic E-state index is 5.00. The molecule has 2 rings (SSSR count). The monoisotopic (exact) mass is 574 g/mol. The summed E-state index contributed by atoms with van der Waals surface area (Å²) < 4.78 is 302. The van der Waals surface area contributed by atoms with Crippen LogP contribution in [0.1, 0.15) is 0 Å². The van der Waals surface area contributed by atoms with Gasteiger partial charge >= 0.3 is 53.5 Å². The molecule has 0 N–H and O–H groups in total. The number of hydrogen-bond acceptors (Lipinski definition) is 0. The second-order valence-corrected chi connectivity index (χ2v) is 7.14. The highest BCUT2D eigenvalue weighted by Gasteiger charge is 3.16. The van der Waals surface area contributed by atoms with Crippen molar-refractivity contribution in [3.63, 3.8) is 0 Å². The van der Waals surface area contributed by atoms with E-state index in [1.165, 1.54) is 0 Å². The third kappa shape index (κ3) is 2.17. The minimum atomic E-state index is -9.42. The Hall–Kier alpha value is -1.80. The Morgan fingerprint density at radius 1 is 0.371 bits per heavy atom. The van der Waals surface area contributed by atoms with E-state index in [-0.39, 0.29) is 0 Å². The summed E-state index contributed by atoms with van der Waals surface area (Å²) in [4.78, 5) is 0. The highest BCUT2D eigenvalue weighted by molar-refractivity contribution is 5.47. The molecule has 3 unspecified atom stereocenters. The van der Waals surface area contributed by atoms with Crippen LogP contribution in [0.15, 0.2) is 11.9 Å². The smallest absolute Gasteiger partial charge is 0.229 e. The van der Waals surface area contributed by atoms with Crippen molar-refractivity contribution in [2.45, 2.75) is 64.4 Å². The van der Waals surface area contributed by atoms with Crippen LogP contribution in [-0.4, -0.2) is 64.4 Å². The van der Waals surface area contributed by atoms with Crippen LogP contribution in [0.2, 0.25) is 0 Å². The molecule has 22 heteroatoms. The molecule has 2 saturated carbocycles. The Morgan fingerprint density at radius 3 is 0.914 bits per heavy atom. The number of hydrogen-bond donors (Lipinski definition) is 0. The summed E-state index contributed by atoms with van der Waals surface area (Å²) in [5, 5.41) is 0. The highest BCUT2D eigenvalue weighted by atomic mass is 19.4. The van der Waals surface area contributed by atoms with Gasteiger partial charge in [0.1, 0.15) is 0 Å². The highest BCUT2D eigenvalue weighted by Crippen LogP contribution is 2.82. The zero-order valence-electron chi connectivity index (χ0n) is 14.8. The Kier molecular flexibility index (Phi) is 5.35. The van der Waals surface area contributed by atoms with Crippen molar-refractivity contribution in [3.8, 4) is 0 Å². The largest absolute Gasteiger partial charge is 0.382 e. The van der Waals surface area contributed by atoms with Crippen molar-refractivity contribution in [1.29, 1.82) is 0 Å². The lowest BCUT2D eigenvalue weighted by molar-refractivity contribution is -0.557. The summed E-state index contributed by atoms with van der Waals surface area (Å²) in [5.74, 6) is -76.2. The predicted molar refractivity (Wildman–Crippen MR) is 61.4 cm³/mol. The van der Waals surface area contributed by atoms with E-state index >= 15 is 4.39 Å². The first-order valence-corrected chi connectivity index (χ1v) is 7.66. The van der Waals surface area contributed by atoms with Gasteiger partial charge in [-0.1, -0.05) is 0 Å². The van der Waals surface area contributed by atoms with Gasteiger partial charge in [-0.25, -0.2) is 13.2 Å². The normalized spacial score (nSPS) is 39.9. The molecule has 0 spiro atoms. The van der Waals surface area contributed by atoms with Crippen LogP contribution < -0.4 is 0 Å². The van der Waals surface area contributed by atoms with Crippen molar-refractivity contribution in [1.82, 2.24) is 0 Å². The number of rotatable bonds is 2. The fourth-order valence-electron chi connectivity index (χ4n) is 3.66. The van der Waals surface area contributed by atoms with Crippen molar-refractivity contribution in [2.24, 2.45) is 0 Å². The molecule has 0 aromatic heterocycles. The Morgan fingerprint density at radius 2 is 0.629 bits per heavy atom. The molecule has 2 aliphatic rings. The summed E-state index contributed by atoms with van der Waals surface area (Å²) in [6.45, 7) is 0. The van der Waals surface area contributed by atoms with Crippen molar-refractivity contribution < 1.29 is 96.6 Å². The van der Waals surface area contributed by atoms with Gasteiger partial charge in [-0.15, -0.1) is 0 Å². The predicted octanol–water partition coefficient (Wildman–Crippen LogP) is 7.30. The summed E-state index contributed by atoms with van der Waals surface area (Å²) in [6, 6.07) is 0. The standard InChI is InChI=1S/C13F22/c14-1(2(15)16)3(17,18)4(19)5(20)6(21,9(26,27)11(30,31)7(4,22)23)10(28,29)13(34,35)12(32,33)8(5,24)25. The van der Waals surface area contributed by atoms with Gasteiger partial charge in [0.05, 0.1) is 0 Å². The SMILES string of the molecule is FC(F)=C(F)C(F)(F)C1(F)C(F)(F)C(F)(F)C(F)(F)C2(F)C(F)(F)C(F)(F)C(F)(F)C(F)(F)C12F. The van der Waals surface area contributed by atoms with Gasteiger partial charge in [-0.05, 0) is 0 Å². The summed E-state index contributed by atoms with van der Waals surface area (Å²) in [5.41, 5.74) is -28.0. The lowest BCUT2D eigenvalue weighted by atomic mass is 9.49. The fourth-order valence-corrected chi connectivity index (χ4v) is 3.66. The van der Waals surface area contributed by atoms with E-state index in [4.69, 9.17) is 0 Å². The van der Waals surface area contributed by atoms with E-state index in [2.05, 4.69) is 0 Å². The molecule has 0 nitrogen and oxygen atoms in total. The first-order chi connectivity index (χ1) is 14.9. The molecule has 0 bridgehead atoms. The average molecular weight is 574 g/mol. The molecule has 3 atom stereocenters. The molecule has 2 fully saturated rings. The van der Waals surface area contributed by atoms with Crippen LogP contribution >= 0.6 is 0 Å². The number of allylic oxidation sites excluding steroid dienone is 1. The molecule has 0 radical (unpaired) electrons. The van der Waals surface area contributed by atoms with Gasteiger partial charge in [0.25, 0.3) is 17.0 Å². The molecule has 0 amide bonds. The molecular formula is C13F22. The number of alkyl halides is 19. The van der Waals surface area contributed by atoms with Crippen LogP contribution in [0.25, 0.3) is 0 Å². The zero-order chi connectivity index (χ0) is 28.7. The van der Waals surface area contributed by atoms with Crippen LogP contribution in [0.3, 0.4) is 0 Å². The summed E-state index contributed by atoms with van der Waals surface area (Å²) >= 11 is 0. The molecule has 2 aliphatic carbocycles. The first-order valence-electron chi connectivity index (χ1n) is 7.66. The lowest BCUT2D eigenvalue weighted by Crippen LogP contribution is -3.00. The molecule has 0 saturated heterocycles. The van der Waals surface area contributed by atoms with Gasteiger partial charge in [0.2, 0.25) is 5.83 Å². The van der Waals surface area contributed by atoms with E-state index in [9.17, 15) is 92.2 Å². The van der Waals surface area contributed by atoms with Gasteiger partial charge in [-0.2, -0.15) is 83.4 Å². The maximum atomic E-state index is 15.0. The molecule has 206 valence electrons. The second kappa shape index (κ2) is 6.36. The van der Waals surface area contributed by atoms with Crippen LogP contribution in [0, 0.1) is 0 Å². The molecule has 0 aromatic carbocycles. The van der Waals surface area contributed by atoms with E-state index in [0.717, 1.165) is 0 Å². The molecule has 0 aromatic rings. The average Bonchev–Trinajstić information content (AvgIpc) is 2.67. The van der Waals surface area contributed by atoms with Crippen LogP contribution in [0.4, 0.5) is 96.6 Å². The summed E-state index contributed by atoms with van der Waals surface area (Å²) in [6.07, 6.45) is -5.00. The Labute approximate surface area is 174 Å². The maximum Gasteiger partial charge on any atom is 0.382 e. The van der Waals surface area contributed by atoms with Crippen molar-refractivity contribution in [2.75, 3.05) is 0 Å². The van der Waals surface area contributed by atoms with E-state index in [1.54, 1.807) is 0 Å². The number of fused-ring (bicyclic) bond motifs is 1. The fraction of sp³-hybridized carbons (Fsp3) is 0.846. The topological polar surface area (TPSA) is 0 Å². The van der Waals surface area contributed by atoms with Gasteiger partial charge in [-0.3, -0.25) is 0 Å². The molecule has 0 heterocycles. The zero-order valence-corrected chi connectivity index (χ0v) is 14.8.